The lowest BCUT2D eigenvalue weighted by Crippen LogP contribution is -2.28. The highest BCUT2D eigenvalue weighted by molar-refractivity contribution is 7.99. The van der Waals surface area contributed by atoms with Gasteiger partial charge in [-0.2, -0.15) is 0 Å². The number of methoxy groups -OCH3 is 2. The van der Waals surface area contributed by atoms with Gasteiger partial charge < -0.3 is 25.1 Å². The minimum absolute atomic E-state index is 0.135. The Morgan fingerprint density at radius 1 is 1.31 bits per heavy atom. The quantitative estimate of drug-likeness (QED) is 0.424. The second kappa shape index (κ2) is 8.91. The van der Waals surface area contributed by atoms with Crippen LogP contribution >= 0.6 is 11.8 Å². The van der Waals surface area contributed by atoms with E-state index in [4.69, 9.17) is 19.7 Å². The van der Waals surface area contributed by atoms with Crippen molar-refractivity contribution in [3.63, 3.8) is 0 Å². The largest absolute Gasteiger partial charge is 0.497 e. The van der Waals surface area contributed by atoms with E-state index in [0.717, 1.165) is 11.1 Å². The summed E-state index contributed by atoms with van der Waals surface area (Å²) in [5, 5.41) is 11.5. The summed E-state index contributed by atoms with van der Waals surface area (Å²) in [7, 11) is 3.18. The lowest BCUT2D eigenvalue weighted by atomic mass is 10.1. The first-order chi connectivity index (χ1) is 13.9. The van der Waals surface area contributed by atoms with Crippen LogP contribution in [0.3, 0.4) is 0 Å². The van der Waals surface area contributed by atoms with E-state index in [1.54, 1.807) is 32.6 Å². The molecule has 9 nitrogen and oxygen atoms in total. The number of thioether (sulfide) groups is 1. The highest BCUT2D eigenvalue weighted by Crippen LogP contribution is 2.29. The van der Waals surface area contributed by atoms with Gasteiger partial charge in [-0.05, 0) is 38.1 Å². The molecule has 3 aromatic rings. The summed E-state index contributed by atoms with van der Waals surface area (Å²) in [4.78, 5) is 12.4. The van der Waals surface area contributed by atoms with Crippen LogP contribution < -0.4 is 20.6 Å². The zero-order valence-corrected chi connectivity index (χ0v) is 17.4. The zero-order valence-electron chi connectivity index (χ0n) is 16.6. The molecule has 0 radical (unpaired) electrons. The van der Waals surface area contributed by atoms with Crippen molar-refractivity contribution in [1.29, 1.82) is 0 Å². The van der Waals surface area contributed by atoms with Crippen LogP contribution in [0.1, 0.15) is 24.3 Å². The number of furan rings is 1. The maximum atomic E-state index is 12.4. The molecule has 2 heterocycles. The van der Waals surface area contributed by atoms with E-state index in [1.807, 2.05) is 26.0 Å². The molecule has 1 amide bonds. The van der Waals surface area contributed by atoms with E-state index < -0.39 is 0 Å². The number of ether oxygens (including phenoxy) is 2. The van der Waals surface area contributed by atoms with Crippen molar-refractivity contribution in [1.82, 2.24) is 20.2 Å². The number of amides is 1. The van der Waals surface area contributed by atoms with Gasteiger partial charge in [-0.3, -0.25) is 4.79 Å². The van der Waals surface area contributed by atoms with Gasteiger partial charge in [-0.1, -0.05) is 11.8 Å². The zero-order chi connectivity index (χ0) is 21.0. The van der Waals surface area contributed by atoms with Crippen molar-refractivity contribution in [2.24, 2.45) is 0 Å². The Morgan fingerprint density at radius 3 is 2.76 bits per heavy atom. The van der Waals surface area contributed by atoms with E-state index in [-0.39, 0.29) is 17.7 Å². The van der Waals surface area contributed by atoms with Gasteiger partial charge in [-0.25, -0.2) is 4.68 Å². The molecule has 0 spiro atoms. The van der Waals surface area contributed by atoms with E-state index >= 15 is 0 Å². The Hall–Kier alpha value is -3.14. The van der Waals surface area contributed by atoms with Gasteiger partial charge >= 0.3 is 0 Å². The summed E-state index contributed by atoms with van der Waals surface area (Å²) in [5.74, 6) is 8.58. The van der Waals surface area contributed by atoms with Crippen molar-refractivity contribution < 1.29 is 18.7 Å². The molecule has 0 aliphatic rings. The summed E-state index contributed by atoms with van der Waals surface area (Å²) < 4.78 is 17.3. The third-order valence-corrected chi connectivity index (χ3v) is 5.32. The third kappa shape index (κ3) is 4.48. The molecular weight excluding hydrogens is 394 g/mol. The molecule has 0 bridgehead atoms. The molecule has 10 heteroatoms. The molecular formula is C19H23N5O4S. The highest BCUT2D eigenvalue weighted by atomic mass is 32.2. The fourth-order valence-corrected chi connectivity index (χ4v) is 3.51. The second-order valence-electron chi connectivity index (χ2n) is 6.25. The minimum Gasteiger partial charge on any atom is -0.497 e. The Balaban J connectivity index is 1.64. The Bertz CT molecular complexity index is 1000. The van der Waals surface area contributed by atoms with Crippen LogP contribution in [0, 0.1) is 6.92 Å². The summed E-state index contributed by atoms with van der Waals surface area (Å²) in [6.45, 7) is 3.70. The average Bonchev–Trinajstić information content (AvgIpc) is 3.30. The lowest BCUT2D eigenvalue weighted by Gasteiger charge is -2.18. The molecule has 0 aliphatic heterocycles. The van der Waals surface area contributed by atoms with Gasteiger partial charge in [0.1, 0.15) is 17.3 Å². The number of carbonyl (C=O) groups is 1. The fourth-order valence-electron chi connectivity index (χ4n) is 2.84. The number of benzene rings is 1. The molecule has 1 unspecified atom stereocenters. The number of rotatable bonds is 8. The van der Waals surface area contributed by atoms with Crippen LogP contribution in [0.25, 0.3) is 11.4 Å². The number of aromatic nitrogens is 3. The first kappa shape index (κ1) is 20.6. The summed E-state index contributed by atoms with van der Waals surface area (Å²) in [6.07, 6.45) is 1.56. The monoisotopic (exact) mass is 417 g/mol. The summed E-state index contributed by atoms with van der Waals surface area (Å²) in [6, 6.07) is 6.95. The number of nitrogens with two attached hydrogens (primary N) is 1. The normalized spacial score (nSPS) is 11.9. The standard InChI is InChI=1S/C19H23N5O4S/c1-11(15-9-13(26-3)5-6-16(15)27-4)21-17(25)10-29-19-23-22-18(24(19)20)14-7-8-28-12(14)2/h5-9,11H,10,20H2,1-4H3,(H,21,25). The van der Waals surface area contributed by atoms with Gasteiger partial charge in [0.15, 0.2) is 5.82 Å². The average molecular weight is 417 g/mol. The van der Waals surface area contributed by atoms with Gasteiger partial charge in [0.25, 0.3) is 0 Å². The van der Waals surface area contributed by atoms with E-state index in [1.165, 1.54) is 16.4 Å². The predicted molar refractivity (Wildman–Crippen MR) is 109 cm³/mol. The predicted octanol–water partition coefficient (Wildman–Crippen LogP) is 2.55. The molecule has 0 saturated heterocycles. The number of aryl methyl sites for hydroxylation is 1. The van der Waals surface area contributed by atoms with Gasteiger partial charge in [0.05, 0.1) is 37.8 Å². The van der Waals surface area contributed by atoms with Crippen molar-refractivity contribution in [2.75, 3.05) is 25.8 Å². The third-order valence-electron chi connectivity index (χ3n) is 4.38. The maximum absolute atomic E-state index is 12.4. The second-order valence-corrected chi connectivity index (χ2v) is 7.19. The van der Waals surface area contributed by atoms with Crippen molar-refractivity contribution in [2.45, 2.75) is 25.0 Å². The van der Waals surface area contributed by atoms with Crippen molar-refractivity contribution in [3.05, 3.63) is 41.9 Å². The number of hydrogen-bond acceptors (Lipinski definition) is 8. The number of nitrogens with one attached hydrogen (secondary N) is 1. The maximum Gasteiger partial charge on any atom is 0.230 e. The molecule has 154 valence electrons. The Labute approximate surface area is 172 Å². The smallest absolute Gasteiger partial charge is 0.230 e. The Morgan fingerprint density at radius 2 is 2.10 bits per heavy atom. The molecule has 0 saturated carbocycles. The van der Waals surface area contributed by atoms with Crippen LogP contribution in [-0.2, 0) is 4.79 Å². The summed E-state index contributed by atoms with van der Waals surface area (Å²) in [5.41, 5.74) is 1.58. The van der Waals surface area contributed by atoms with Crippen LogP contribution in [-0.4, -0.2) is 40.8 Å². The number of nitrogen functional groups attached to an aromatic ring is 1. The molecule has 0 fully saturated rings. The minimum atomic E-state index is -0.270. The van der Waals surface area contributed by atoms with Gasteiger partial charge in [0, 0.05) is 5.56 Å². The molecule has 1 atom stereocenters. The van der Waals surface area contributed by atoms with Crippen LogP contribution in [0.4, 0.5) is 0 Å². The fraction of sp³-hybridized carbons (Fsp3) is 0.316. The van der Waals surface area contributed by atoms with E-state index in [2.05, 4.69) is 15.5 Å². The molecule has 0 aliphatic carbocycles. The lowest BCUT2D eigenvalue weighted by molar-refractivity contribution is -0.119. The number of carbonyl (C=O) groups excluding carboxylic acids is 1. The topological polar surface area (TPSA) is 117 Å². The van der Waals surface area contributed by atoms with Crippen molar-refractivity contribution >= 4 is 17.7 Å². The molecule has 3 N–H and O–H groups in total. The first-order valence-electron chi connectivity index (χ1n) is 8.83. The van der Waals surface area contributed by atoms with Gasteiger partial charge in [0.2, 0.25) is 11.1 Å². The SMILES string of the molecule is COc1ccc(OC)c(C(C)NC(=O)CSc2nnc(-c3ccoc3C)n2N)c1. The van der Waals surface area contributed by atoms with Crippen LogP contribution in [0.15, 0.2) is 40.1 Å². The molecule has 2 aromatic heterocycles. The highest BCUT2D eigenvalue weighted by Gasteiger charge is 2.19. The summed E-state index contributed by atoms with van der Waals surface area (Å²) >= 11 is 1.20. The Kier molecular flexibility index (Phi) is 6.32. The molecule has 29 heavy (non-hydrogen) atoms. The number of hydrogen-bond donors (Lipinski definition) is 2. The first-order valence-corrected chi connectivity index (χ1v) is 9.82. The molecule has 3 rings (SSSR count). The van der Waals surface area contributed by atoms with Crippen molar-refractivity contribution in [3.8, 4) is 22.9 Å². The van der Waals surface area contributed by atoms with Crippen LogP contribution in [0.2, 0.25) is 0 Å². The van der Waals surface area contributed by atoms with Gasteiger partial charge in [-0.15, -0.1) is 10.2 Å². The van der Waals surface area contributed by atoms with Crippen LogP contribution in [0.5, 0.6) is 11.5 Å². The van der Waals surface area contributed by atoms with E-state index in [9.17, 15) is 4.79 Å². The number of nitrogens with zero attached hydrogens (tertiary/aromatic N) is 3. The van der Waals surface area contributed by atoms with E-state index in [0.29, 0.717) is 28.2 Å². The molecule has 1 aromatic carbocycles.